The number of carbonyl (C=O) groups is 1. The van der Waals surface area contributed by atoms with E-state index in [1.807, 2.05) is 71.6 Å². The van der Waals surface area contributed by atoms with Gasteiger partial charge in [0, 0.05) is 36.3 Å². The van der Waals surface area contributed by atoms with Crippen LogP contribution >= 0.6 is 0 Å². The van der Waals surface area contributed by atoms with Crippen molar-refractivity contribution in [1.82, 2.24) is 9.88 Å². The first kappa shape index (κ1) is 17.6. The van der Waals surface area contributed by atoms with Crippen LogP contribution in [0.3, 0.4) is 0 Å². The summed E-state index contributed by atoms with van der Waals surface area (Å²) in [7, 11) is 3.25. The number of methoxy groups -OCH3 is 2. The Morgan fingerprint density at radius 2 is 1.81 bits per heavy atom. The van der Waals surface area contributed by atoms with Crippen LogP contribution in [-0.2, 0) is 6.42 Å². The Kier molecular flexibility index (Phi) is 5.59. The molecule has 1 aromatic heterocycles. The highest BCUT2D eigenvalue weighted by atomic mass is 16.5. The third-order valence-corrected chi connectivity index (χ3v) is 4.19. The predicted octanol–water partition coefficient (Wildman–Crippen LogP) is 3.47. The third kappa shape index (κ3) is 4.06. The highest BCUT2D eigenvalue weighted by Crippen LogP contribution is 2.24. The lowest BCUT2D eigenvalue weighted by atomic mass is 10.1. The summed E-state index contributed by atoms with van der Waals surface area (Å²) in [6, 6.07) is 17.1. The molecule has 0 atom stereocenters. The minimum absolute atomic E-state index is 0.0912. The summed E-state index contributed by atoms with van der Waals surface area (Å²) >= 11 is 0. The molecule has 0 spiro atoms. The SMILES string of the molecule is COc1ccc(CCNC(=O)c2cccc(-n3cccc3)c2)c(OC)c1. The monoisotopic (exact) mass is 350 g/mol. The lowest BCUT2D eigenvalue weighted by Gasteiger charge is -2.11. The maximum atomic E-state index is 12.4. The smallest absolute Gasteiger partial charge is 0.251 e. The van der Waals surface area contributed by atoms with Gasteiger partial charge < -0.3 is 19.4 Å². The molecular formula is C21H22N2O3. The molecule has 0 aliphatic heterocycles. The topological polar surface area (TPSA) is 52.5 Å². The Morgan fingerprint density at radius 1 is 1.00 bits per heavy atom. The van der Waals surface area contributed by atoms with E-state index in [0.717, 1.165) is 22.7 Å². The summed E-state index contributed by atoms with van der Waals surface area (Å²) in [5.74, 6) is 1.41. The Hall–Kier alpha value is -3.21. The average molecular weight is 350 g/mol. The minimum Gasteiger partial charge on any atom is -0.497 e. The van der Waals surface area contributed by atoms with Crippen molar-refractivity contribution >= 4 is 5.91 Å². The first-order valence-electron chi connectivity index (χ1n) is 8.44. The van der Waals surface area contributed by atoms with Crippen molar-refractivity contribution in [1.29, 1.82) is 0 Å². The van der Waals surface area contributed by atoms with Gasteiger partial charge in [-0.05, 0) is 48.4 Å². The first-order valence-corrected chi connectivity index (χ1v) is 8.44. The summed E-state index contributed by atoms with van der Waals surface area (Å²) in [5, 5.41) is 2.96. The van der Waals surface area contributed by atoms with E-state index in [4.69, 9.17) is 9.47 Å². The van der Waals surface area contributed by atoms with Crippen LogP contribution in [0, 0.1) is 0 Å². The molecule has 1 N–H and O–H groups in total. The van der Waals surface area contributed by atoms with Gasteiger partial charge in [-0.2, -0.15) is 0 Å². The molecule has 26 heavy (non-hydrogen) atoms. The molecule has 1 amide bonds. The number of carbonyl (C=O) groups excluding carboxylic acids is 1. The van der Waals surface area contributed by atoms with Crippen molar-refractivity contribution in [3.05, 3.63) is 78.1 Å². The molecule has 0 saturated heterocycles. The fourth-order valence-corrected chi connectivity index (χ4v) is 2.79. The van der Waals surface area contributed by atoms with E-state index in [2.05, 4.69) is 5.32 Å². The number of nitrogens with zero attached hydrogens (tertiary/aromatic N) is 1. The number of aromatic nitrogens is 1. The summed E-state index contributed by atoms with van der Waals surface area (Å²) in [4.78, 5) is 12.4. The fourth-order valence-electron chi connectivity index (χ4n) is 2.79. The zero-order valence-electron chi connectivity index (χ0n) is 14.9. The van der Waals surface area contributed by atoms with Gasteiger partial charge in [-0.15, -0.1) is 0 Å². The van der Waals surface area contributed by atoms with E-state index < -0.39 is 0 Å². The summed E-state index contributed by atoms with van der Waals surface area (Å²) in [6.07, 6.45) is 4.58. The molecule has 0 radical (unpaired) electrons. The Labute approximate surface area is 153 Å². The number of hydrogen-bond donors (Lipinski definition) is 1. The number of rotatable bonds is 7. The molecule has 1 heterocycles. The van der Waals surface area contributed by atoms with Crippen LogP contribution in [0.1, 0.15) is 15.9 Å². The van der Waals surface area contributed by atoms with Crippen molar-refractivity contribution in [3.8, 4) is 17.2 Å². The van der Waals surface area contributed by atoms with Gasteiger partial charge in [-0.25, -0.2) is 0 Å². The molecule has 5 nitrogen and oxygen atoms in total. The number of nitrogens with one attached hydrogen (secondary N) is 1. The zero-order chi connectivity index (χ0) is 18.4. The van der Waals surface area contributed by atoms with Gasteiger partial charge in [0.05, 0.1) is 14.2 Å². The van der Waals surface area contributed by atoms with Crippen molar-refractivity contribution < 1.29 is 14.3 Å². The van der Waals surface area contributed by atoms with Crippen molar-refractivity contribution in [2.75, 3.05) is 20.8 Å². The van der Waals surface area contributed by atoms with Gasteiger partial charge >= 0.3 is 0 Å². The number of amides is 1. The number of ether oxygens (including phenoxy) is 2. The molecule has 0 saturated carbocycles. The lowest BCUT2D eigenvalue weighted by molar-refractivity contribution is 0.0954. The number of benzene rings is 2. The molecule has 3 aromatic rings. The van der Waals surface area contributed by atoms with E-state index in [9.17, 15) is 4.79 Å². The number of hydrogen-bond acceptors (Lipinski definition) is 3. The Bertz CT molecular complexity index is 873. The van der Waals surface area contributed by atoms with Crippen LogP contribution in [0.25, 0.3) is 5.69 Å². The highest BCUT2D eigenvalue weighted by Gasteiger charge is 2.09. The van der Waals surface area contributed by atoms with Crippen molar-refractivity contribution in [2.45, 2.75) is 6.42 Å². The third-order valence-electron chi connectivity index (χ3n) is 4.19. The molecular weight excluding hydrogens is 328 g/mol. The van der Waals surface area contributed by atoms with Crippen molar-refractivity contribution in [2.24, 2.45) is 0 Å². The van der Waals surface area contributed by atoms with Gasteiger partial charge in [0.1, 0.15) is 11.5 Å². The van der Waals surface area contributed by atoms with Crippen LogP contribution in [-0.4, -0.2) is 31.2 Å². The molecule has 5 heteroatoms. The second kappa shape index (κ2) is 8.25. The standard InChI is InChI=1S/C21H22N2O3/c1-25-19-9-8-16(20(15-19)26-2)10-11-22-21(24)17-6-5-7-18(14-17)23-12-3-4-13-23/h3-9,12-15H,10-11H2,1-2H3,(H,22,24). The second-order valence-electron chi connectivity index (χ2n) is 5.82. The van der Waals surface area contributed by atoms with Crippen LogP contribution in [0.2, 0.25) is 0 Å². The Balaban J connectivity index is 1.62. The first-order chi connectivity index (χ1) is 12.7. The lowest BCUT2D eigenvalue weighted by Crippen LogP contribution is -2.25. The van der Waals surface area contributed by atoms with Gasteiger partial charge in [-0.1, -0.05) is 12.1 Å². The predicted molar refractivity (Wildman–Crippen MR) is 101 cm³/mol. The van der Waals surface area contributed by atoms with Crippen LogP contribution in [0.15, 0.2) is 67.0 Å². The van der Waals surface area contributed by atoms with Gasteiger partial charge in [-0.3, -0.25) is 4.79 Å². The average Bonchev–Trinajstić information content (AvgIpc) is 3.23. The maximum absolute atomic E-state index is 12.4. The maximum Gasteiger partial charge on any atom is 0.251 e. The molecule has 0 bridgehead atoms. The molecule has 134 valence electrons. The molecule has 2 aromatic carbocycles. The largest absolute Gasteiger partial charge is 0.497 e. The summed E-state index contributed by atoms with van der Waals surface area (Å²) in [6.45, 7) is 0.523. The van der Waals surface area contributed by atoms with Crippen LogP contribution in [0.4, 0.5) is 0 Å². The van der Waals surface area contributed by atoms with E-state index in [1.165, 1.54) is 0 Å². The van der Waals surface area contributed by atoms with E-state index in [-0.39, 0.29) is 5.91 Å². The Morgan fingerprint density at radius 3 is 2.54 bits per heavy atom. The van der Waals surface area contributed by atoms with Gasteiger partial charge in [0.25, 0.3) is 5.91 Å². The minimum atomic E-state index is -0.0912. The summed E-state index contributed by atoms with van der Waals surface area (Å²) < 4.78 is 12.6. The van der Waals surface area contributed by atoms with Gasteiger partial charge in [0.2, 0.25) is 0 Å². The van der Waals surface area contributed by atoms with Gasteiger partial charge in [0.15, 0.2) is 0 Å². The molecule has 0 aliphatic rings. The van der Waals surface area contributed by atoms with E-state index in [0.29, 0.717) is 18.5 Å². The normalized spacial score (nSPS) is 10.4. The highest BCUT2D eigenvalue weighted by molar-refractivity contribution is 5.94. The van der Waals surface area contributed by atoms with E-state index >= 15 is 0 Å². The molecule has 0 aliphatic carbocycles. The molecule has 0 fully saturated rings. The fraction of sp³-hybridized carbons (Fsp3) is 0.190. The second-order valence-corrected chi connectivity index (χ2v) is 5.82. The van der Waals surface area contributed by atoms with Crippen LogP contribution < -0.4 is 14.8 Å². The zero-order valence-corrected chi connectivity index (χ0v) is 14.9. The van der Waals surface area contributed by atoms with Crippen LogP contribution in [0.5, 0.6) is 11.5 Å². The quantitative estimate of drug-likeness (QED) is 0.710. The summed E-state index contributed by atoms with van der Waals surface area (Å²) in [5.41, 5.74) is 2.62. The molecule has 0 unspecified atom stereocenters. The molecule has 3 rings (SSSR count). The van der Waals surface area contributed by atoms with E-state index in [1.54, 1.807) is 14.2 Å². The van der Waals surface area contributed by atoms with Crippen molar-refractivity contribution in [3.63, 3.8) is 0 Å².